The Hall–Kier alpha value is -3.52. The zero-order chi connectivity index (χ0) is 24.3. The molecule has 8 heteroatoms. The molecule has 1 atom stereocenters. The van der Waals surface area contributed by atoms with E-state index >= 15 is 0 Å². The van der Waals surface area contributed by atoms with Gasteiger partial charge in [-0.3, -0.25) is 9.59 Å². The van der Waals surface area contributed by atoms with Gasteiger partial charge in [-0.1, -0.05) is 30.3 Å². The van der Waals surface area contributed by atoms with E-state index in [4.69, 9.17) is 9.47 Å². The fourth-order valence-electron chi connectivity index (χ4n) is 3.83. The lowest BCUT2D eigenvalue weighted by molar-refractivity contribution is -0.125. The van der Waals surface area contributed by atoms with Crippen LogP contribution in [0.1, 0.15) is 22.8 Å². The fourth-order valence-corrected chi connectivity index (χ4v) is 5.03. The van der Waals surface area contributed by atoms with E-state index in [0.29, 0.717) is 28.3 Å². The molecule has 4 rings (SSSR count). The van der Waals surface area contributed by atoms with Gasteiger partial charge >= 0.3 is 0 Å². The van der Waals surface area contributed by atoms with Crippen molar-refractivity contribution in [2.75, 3.05) is 25.3 Å². The Bertz CT molecular complexity index is 1230. The first-order valence-electron chi connectivity index (χ1n) is 10.7. The van der Waals surface area contributed by atoms with Crippen molar-refractivity contribution in [2.45, 2.75) is 23.9 Å². The van der Waals surface area contributed by atoms with Crippen LogP contribution >= 0.6 is 11.8 Å². The Morgan fingerprint density at radius 3 is 2.56 bits per heavy atom. The molecule has 0 unspecified atom stereocenters. The summed E-state index contributed by atoms with van der Waals surface area (Å²) in [6, 6.07) is 18.6. The first kappa shape index (κ1) is 23.6. The summed E-state index contributed by atoms with van der Waals surface area (Å²) in [6.07, 6.45) is 0. The highest BCUT2D eigenvalue weighted by molar-refractivity contribution is 7.99. The van der Waals surface area contributed by atoms with Crippen LogP contribution in [0.5, 0.6) is 11.5 Å². The third-order valence-electron chi connectivity index (χ3n) is 5.90. The minimum Gasteiger partial charge on any atom is -0.497 e. The third kappa shape index (κ3) is 4.46. The summed E-state index contributed by atoms with van der Waals surface area (Å²) in [4.78, 5) is 29.7. The van der Waals surface area contributed by atoms with Crippen LogP contribution in [0.25, 0.3) is 0 Å². The molecule has 0 spiro atoms. The van der Waals surface area contributed by atoms with Crippen molar-refractivity contribution >= 4 is 29.3 Å². The van der Waals surface area contributed by atoms with Crippen LogP contribution < -0.4 is 14.8 Å². The van der Waals surface area contributed by atoms with Gasteiger partial charge in [0.15, 0.2) is 0 Å². The zero-order valence-electron chi connectivity index (χ0n) is 19.1. The second-order valence-electron chi connectivity index (χ2n) is 8.06. The van der Waals surface area contributed by atoms with Crippen LogP contribution in [0.4, 0.5) is 10.1 Å². The van der Waals surface area contributed by atoms with Crippen molar-refractivity contribution in [3.63, 3.8) is 0 Å². The molecular weight excluding hydrogens is 455 g/mol. The lowest BCUT2D eigenvalue weighted by Gasteiger charge is -2.38. The van der Waals surface area contributed by atoms with Crippen LogP contribution in [0.3, 0.4) is 0 Å². The van der Waals surface area contributed by atoms with E-state index in [1.165, 1.54) is 29.8 Å². The number of nitrogens with one attached hydrogen (secondary N) is 1. The molecule has 2 amide bonds. The number of benzene rings is 3. The Morgan fingerprint density at radius 1 is 1.09 bits per heavy atom. The van der Waals surface area contributed by atoms with E-state index in [0.717, 1.165) is 4.90 Å². The van der Waals surface area contributed by atoms with Crippen molar-refractivity contribution in [2.24, 2.45) is 0 Å². The summed E-state index contributed by atoms with van der Waals surface area (Å²) in [7, 11) is 3.04. The minimum atomic E-state index is -1.28. The minimum absolute atomic E-state index is 0.0515. The van der Waals surface area contributed by atoms with Crippen molar-refractivity contribution in [3.8, 4) is 11.5 Å². The number of ether oxygens (including phenoxy) is 2. The van der Waals surface area contributed by atoms with Gasteiger partial charge in [0, 0.05) is 28.8 Å². The summed E-state index contributed by atoms with van der Waals surface area (Å²) in [5, 5.41) is 2.91. The molecule has 1 heterocycles. The van der Waals surface area contributed by atoms with Gasteiger partial charge in [-0.2, -0.15) is 0 Å². The molecule has 0 aliphatic carbocycles. The van der Waals surface area contributed by atoms with E-state index in [-0.39, 0.29) is 18.2 Å². The quantitative estimate of drug-likeness (QED) is 0.539. The lowest BCUT2D eigenvalue weighted by Crippen LogP contribution is -2.57. The SMILES string of the molecule is COc1ccc(NC(=O)[C@]2(C)CSc3ccccc3C(=O)N2Cc2ccccc2F)c(OC)c1. The highest BCUT2D eigenvalue weighted by Gasteiger charge is 2.45. The standard InChI is InChI=1S/C26H25FN2O4S/c1-26(25(31)28-21-13-12-18(32-2)14-22(21)33-3)16-34-23-11-7-5-9-19(23)24(30)29(26)15-17-8-4-6-10-20(17)27/h4-14H,15-16H2,1-3H3,(H,28,31)/t26-/m0/s1. The molecule has 1 aliphatic rings. The Morgan fingerprint density at radius 2 is 1.82 bits per heavy atom. The van der Waals surface area contributed by atoms with E-state index in [9.17, 15) is 14.0 Å². The van der Waals surface area contributed by atoms with Gasteiger partial charge < -0.3 is 19.7 Å². The Kier molecular flexibility index (Phi) is 6.79. The molecule has 3 aromatic rings. The van der Waals surface area contributed by atoms with E-state index < -0.39 is 17.3 Å². The van der Waals surface area contributed by atoms with Gasteiger partial charge in [-0.15, -0.1) is 11.8 Å². The molecule has 1 aliphatic heterocycles. The fraction of sp³-hybridized carbons (Fsp3) is 0.231. The normalized spacial score (nSPS) is 17.5. The Labute approximate surface area is 202 Å². The van der Waals surface area contributed by atoms with Crippen molar-refractivity contribution in [1.29, 1.82) is 0 Å². The maximum Gasteiger partial charge on any atom is 0.256 e. The number of carbonyl (C=O) groups excluding carboxylic acids is 2. The highest BCUT2D eigenvalue weighted by Crippen LogP contribution is 2.38. The molecule has 1 N–H and O–H groups in total. The number of anilines is 1. The number of hydrogen-bond acceptors (Lipinski definition) is 5. The average Bonchev–Trinajstić information content (AvgIpc) is 2.96. The molecule has 176 valence electrons. The van der Waals surface area contributed by atoms with Gasteiger partial charge in [0.2, 0.25) is 0 Å². The maximum absolute atomic E-state index is 14.6. The first-order chi connectivity index (χ1) is 16.4. The molecule has 34 heavy (non-hydrogen) atoms. The maximum atomic E-state index is 14.6. The van der Waals surface area contributed by atoms with Gasteiger partial charge in [-0.05, 0) is 37.3 Å². The second kappa shape index (κ2) is 9.77. The number of hydrogen-bond donors (Lipinski definition) is 1. The summed E-state index contributed by atoms with van der Waals surface area (Å²) in [5.74, 6) is 0.129. The van der Waals surface area contributed by atoms with E-state index in [2.05, 4.69) is 5.32 Å². The molecule has 6 nitrogen and oxygen atoms in total. The molecular formula is C26H25FN2O4S. The number of halogens is 1. The zero-order valence-corrected chi connectivity index (χ0v) is 19.9. The van der Waals surface area contributed by atoms with Gasteiger partial charge in [0.05, 0.1) is 25.5 Å². The highest BCUT2D eigenvalue weighted by atomic mass is 32.2. The van der Waals surface area contributed by atoms with Crippen molar-refractivity contribution < 1.29 is 23.5 Å². The smallest absolute Gasteiger partial charge is 0.256 e. The van der Waals surface area contributed by atoms with Gasteiger partial charge in [0.25, 0.3) is 11.8 Å². The predicted octanol–water partition coefficient (Wildman–Crippen LogP) is 4.99. The van der Waals surface area contributed by atoms with Crippen molar-refractivity contribution in [3.05, 3.63) is 83.7 Å². The number of methoxy groups -OCH3 is 2. The van der Waals surface area contributed by atoms with Crippen molar-refractivity contribution in [1.82, 2.24) is 4.90 Å². The molecule has 0 fully saturated rings. The van der Waals surface area contributed by atoms with Gasteiger partial charge in [-0.25, -0.2) is 4.39 Å². The predicted molar refractivity (Wildman–Crippen MR) is 130 cm³/mol. The van der Waals surface area contributed by atoms with Crippen LogP contribution in [0.15, 0.2) is 71.6 Å². The number of carbonyl (C=O) groups is 2. The van der Waals surface area contributed by atoms with Crippen LogP contribution in [-0.4, -0.2) is 42.2 Å². The van der Waals surface area contributed by atoms with Crippen LogP contribution in [0.2, 0.25) is 0 Å². The molecule has 0 aromatic heterocycles. The number of amides is 2. The second-order valence-corrected chi connectivity index (χ2v) is 9.08. The summed E-state index contributed by atoms with van der Waals surface area (Å²) >= 11 is 1.43. The number of rotatable bonds is 6. The average molecular weight is 481 g/mol. The topological polar surface area (TPSA) is 67.9 Å². The first-order valence-corrected chi connectivity index (χ1v) is 11.7. The monoisotopic (exact) mass is 480 g/mol. The summed E-state index contributed by atoms with van der Waals surface area (Å²) in [6.45, 7) is 1.65. The van der Waals surface area contributed by atoms with Crippen LogP contribution in [0, 0.1) is 5.82 Å². The summed E-state index contributed by atoms with van der Waals surface area (Å²) < 4.78 is 25.2. The lowest BCUT2D eigenvalue weighted by atomic mass is 9.97. The largest absolute Gasteiger partial charge is 0.497 e. The molecule has 0 saturated carbocycles. The number of thioether (sulfide) groups is 1. The van der Waals surface area contributed by atoms with Crippen LogP contribution in [-0.2, 0) is 11.3 Å². The molecule has 3 aromatic carbocycles. The van der Waals surface area contributed by atoms with E-state index in [1.54, 1.807) is 62.6 Å². The molecule has 0 saturated heterocycles. The third-order valence-corrected chi connectivity index (χ3v) is 7.27. The van der Waals surface area contributed by atoms with E-state index in [1.807, 2.05) is 12.1 Å². The molecule has 0 bridgehead atoms. The summed E-state index contributed by atoms with van der Waals surface area (Å²) in [5.41, 5.74) is -0.0168. The number of nitrogens with zero attached hydrogens (tertiary/aromatic N) is 1. The van der Waals surface area contributed by atoms with Gasteiger partial charge in [0.1, 0.15) is 22.9 Å². The molecule has 0 radical (unpaired) electrons. The number of fused-ring (bicyclic) bond motifs is 1. The Balaban J connectivity index is 1.74.